The fourth-order valence-corrected chi connectivity index (χ4v) is 2.32. The van der Waals surface area contributed by atoms with Crippen molar-refractivity contribution in [2.45, 2.75) is 25.8 Å². The predicted molar refractivity (Wildman–Crippen MR) is 75.4 cm³/mol. The molecule has 0 amide bonds. The van der Waals surface area contributed by atoms with Crippen LogP contribution in [0.25, 0.3) is 0 Å². The first kappa shape index (κ1) is 13.3. The molecule has 1 aliphatic rings. The third kappa shape index (κ3) is 3.06. The molecular weight excluding hydrogens is 326 g/mol. The molecule has 3 rings (SSSR count). The Morgan fingerprint density at radius 3 is 3.05 bits per heavy atom. The number of halogens is 1. The van der Waals surface area contributed by atoms with Crippen LogP contribution in [-0.4, -0.2) is 26.5 Å². The van der Waals surface area contributed by atoms with Crippen molar-refractivity contribution in [3.05, 3.63) is 33.2 Å². The van der Waals surface area contributed by atoms with E-state index in [1.54, 1.807) is 6.20 Å². The minimum Gasteiger partial charge on any atom is -0.382 e. The average molecular weight is 340 g/mol. The lowest BCUT2D eigenvalue weighted by Gasteiger charge is -2.09. The van der Waals surface area contributed by atoms with Gasteiger partial charge in [0, 0.05) is 19.5 Å². The highest BCUT2D eigenvalue weighted by atomic mass is 79.9. The van der Waals surface area contributed by atoms with Gasteiger partial charge < -0.3 is 9.84 Å². The molecule has 1 saturated carbocycles. The van der Waals surface area contributed by atoms with Gasteiger partial charge in [0.25, 0.3) is 5.56 Å². The van der Waals surface area contributed by atoms with Gasteiger partial charge in [-0.15, -0.1) is 0 Å². The maximum atomic E-state index is 12.1. The highest BCUT2D eigenvalue weighted by Gasteiger charge is 2.23. The molecule has 0 atom stereocenters. The molecule has 20 heavy (non-hydrogen) atoms. The van der Waals surface area contributed by atoms with E-state index in [9.17, 15) is 4.79 Å². The second kappa shape index (κ2) is 5.74. The quantitative estimate of drug-likeness (QED) is 0.857. The van der Waals surface area contributed by atoms with Gasteiger partial charge in [0.05, 0.1) is 11.9 Å². The predicted octanol–water partition coefficient (Wildman–Crippen LogP) is 1.45. The van der Waals surface area contributed by atoms with Crippen molar-refractivity contribution >= 4 is 21.6 Å². The molecule has 2 aromatic rings. The zero-order chi connectivity index (χ0) is 13.9. The highest BCUT2D eigenvalue weighted by molar-refractivity contribution is 9.10. The summed E-state index contributed by atoms with van der Waals surface area (Å²) in [6.45, 7) is 1.30. The summed E-state index contributed by atoms with van der Waals surface area (Å²) in [5.74, 6) is 1.17. The van der Waals surface area contributed by atoms with Gasteiger partial charge in [0.15, 0.2) is 6.33 Å². The van der Waals surface area contributed by atoms with Crippen molar-refractivity contribution in [3.8, 4) is 0 Å². The fourth-order valence-electron chi connectivity index (χ4n) is 1.87. The van der Waals surface area contributed by atoms with Crippen LogP contribution in [0.1, 0.15) is 18.7 Å². The van der Waals surface area contributed by atoms with Gasteiger partial charge in [-0.3, -0.25) is 4.79 Å². The first-order valence-electron chi connectivity index (χ1n) is 6.49. The largest absolute Gasteiger partial charge is 0.382 e. The Bertz CT molecular complexity index is 636. The number of hydrogen-bond donors (Lipinski definition) is 1. The number of aromatic nitrogens is 4. The summed E-state index contributed by atoms with van der Waals surface area (Å²) >= 11 is 3.33. The Morgan fingerprint density at radius 1 is 1.50 bits per heavy atom. The lowest BCUT2D eigenvalue weighted by molar-refractivity contribution is 0.379. The summed E-state index contributed by atoms with van der Waals surface area (Å²) in [6, 6.07) is 0. The standard InChI is InChI=1S/C12H14BrN5O2/c13-11-9(14-4-3-10-15-7-17-20-10)5-16-18(12(11)19)6-8-1-2-8/h5,7-8,14H,1-4,6H2. The Hall–Kier alpha value is -1.70. The van der Waals surface area contributed by atoms with Crippen LogP contribution in [0.2, 0.25) is 0 Å². The molecular formula is C12H14BrN5O2. The third-order valence-corrected chi connectivity index (χ3v) is 3.94. The molecule has 0 saturated heterocycles. The van der Waals surface area contributed by atoms with E-state index in [0.717, 1.165) is 0 Å². The molecule has 7 nitrogen and oxygen atoms in total. The van der Waals surface area contributed by atoms with Crippen LogP contribution in [0.5, 0.6) is 0 Å². The molecule has 0 bridgehead atoms. The SMILES string of the molecule is O=c1c(Br)c(NCCc2ncno2)cnn1CC1CC1. The second-order valence-electron chi connectivity index (χ2n) is 4.81. The number of hydrogen-bond acceptors (Lipinski definition) is 6. The Labute approximate surface area is 123 Å². The van der Waals surface area contributed by atoms with Crippen LogP contribution in [0.4, 0.5) is 5.69 Å². The molecule has 1 aliphatic carbocycles. The minimum absolute atomic E-state index is 0.0975. The van der Waals surface area contributed by atoms with E-state index in [-0.39, 0.29) is 5.56 Å². The molecule has 1 fully saturated rings. The topological polar surface area (TPSA) is 85.8 Å². The van der Waals surface area contributed by atoms with E-state index in [0.29, 0.717) is 41.5 Å². The minimum atomic E-state index is -0.0975. The fraction of sp³-hybridized carbons (Fsp3) is 0.500. The number of nitrogens with one attached hydrogen (secondary N) is 1. The van der Waals surface area contributed by atoms with Crippen molar-refractivity contribution in [2.24, 2.45) is 5.92 Å². The van der Waals surface area contributed by atoms with E-state index in [1.807, 2.05) is 0 Å². The molecule has 2 aromatic heterocycles. The van der Waals surface area contributed by atoms with Crippen LogP contribution in [0.3, 0.4) is 0 Å². The van der Waals surface area contributed by atoms with E-state index < -0.39 is 0 Å². The Kier molecular flexibility index (Phi) is 3.81. The zero-order valence-electron chi connectivity index (χ0n) is 10.8. The van der Waals surface area contributed by atoms with E-state index in [1.165, 1.54) is 23.9 Å². The summed E-state index contributed by atoms with van der Waals surface area (Å²) in [7, 11) is 0. The molecule has 8 heteroatoms. The maximum absolute atomic E-state index is 12.1. The molecule has 0 radical (unpaired) electrons. The van der Waals surface area contributed by atoms with Crippen LogP contribution in [0, 0.1) is 5.92 Å². The highest BCUT2D eigenvalue weighted by Crippen LogP contribution is 2.30. The summed E-state index contributed by atoms with van der Waals surface area (Å²) in [5.41, 5.74) is 0.584. The summed E-state index contributed by atoms with van der Waals surface area (Å²) < 4.78 is 6.93. The lowest BCUT2D eigenvalue weighted by Crippen LogP contribution is -2.25. The van der Waals surface area contributed by atoms with Gasteiger partial charge in [-0.05, 0) is 34.7 Å². The van der Waals surface area contributed by atoms with Crippen LogP contribution in [0.15, 0.2) is 26.3 Å². The van der Waals surface area contributed by atoms with Crippen molar-refractivity contribution < 1.29 is 4.52 Å². The van der Waals surface area contributed by atoms with E-state index in [4.69, 9.17) is 4.52 Å². The van der Waals surface area contributed by atoms with Gasteiger partial charge in [0.1, 0.15) is 4.47 Å². The smallest absolute Gasteiger partial charge is 0.283 e. The monoisotopic (exact) mass is 339 g/mol. The molecule has 0 unspecified atom stereocenters. The summed E-state index contributed by atoms with van der Waals surface area (Å²) in [6.07, 6.45) is 6.01. The van der Waals surface area contributed by atoms with Crippen molar-refractivity contribution in [2.75, 3.05) is 11.9 Å². The van der Waals surface area contributed by atoms with Gasteiger partial charge in [-0.2, -0.15) is 10.1 Å². The zero-order valence-corrected chi connectivity index (χ0v) is 12.3. The number of nitrogens with zero attached hydrogens (tertiary/aromatic N) is 4. The van der Waals surface area contributed by atoms with Crippen molar-refractivity contribution in [3.63, 3.8) is 0 Å². The molecule has 2 heterocycles. The van der Waals surface area contributed by atoms with Gasteiger partial charge in [-0.25, -0.2) is 4.68 Å². The molecule has 1 N–H and O–H groups in total. The van der Waals surface area contributed by atoms with Gasteiger partial charge in [-0.1, -0.05) is 5.16 Å². The van der Waals surface area contributed by atoms with Crippen molar-refractivity contribution in [1.82, 2.24) is 19.9 Å². The van der Waals surface area contributed by atoms with Gasteiger partial charge >= 0.3 is 0 Å². The molecule has 106 valence electrons. The van der Waals surface area contributed by atoms with Gasteiger partial charge in [0.2, 0.25) is 5.89 Å². The lowest BCUT2D eigenvalue weighted by atomic mass is 10.4. The Morgan fingerprint density at radius 2 is 2.35 bits per heavy atom. The maximum Gasteiger partial charge on any atom is 0.283 e. The number of rotatable bonds is 6. The summed E-state index contributed by atoms with van der Waals surface area (Å²) in [5, 5.41) is 10.9. The van der Waals surface area contributed by atoms with E-state index in [2.05, 4.69) is 36.5 Å². The van der Waals surface area contributed by atoms with Crippen LogP contribution < -0.4 is 10.9 Å². The number of anilines is 1. The van der Waals surface area contributed by atoms with Crippen molar-refractivity contribution in [1.29, 1.82) is 0 Å². The van der Waals surface area contributed by atoms with E-state index >= 15 is 0 Å². The normalized spacial score (nSPS) is 14.4. The first-order valence-corrected chi connectivity index (χ1v) is 7.28. The molecule has 0 spiro atoms. The summed E-state index contributed by atoms with van der Waals surface area (Å²) in [4.78, 5) is 16.0. The second-order valence-corrected chi connectivity index (χ2v) is 5.61. The van der Waals surface area contributed by atoms with Crippen LogP contribution in [-0.2, 0) is 13.0 Å². The third-order valence-electron chi connectivity index (χ3n) is 3.17. The first-order chi connectivity index (χ1) is 9.74. The molecule has 0 aromatic carbocycles. The Balaban J connectivity index is 1.64. The van der Waals surface area contributed by atoms with Crippen LogP contribution >= 0.6 is 15.9 Å². The molecule has 0 aliphatic heterocycles. The average Bonchev–Trinajstić information content (AvgIpc) is 3.11.